The highest BCUT2D eigenvalue weighted by molar-refractivity contribution is 6.33. The minimum absolute atomic E-state index is 0.0896. The van der Waals surface area contributed by atoms with Gasteiger partial charge < -0.3 is 10.1 Å². The van der Waals surface area contributed by atoms with Gasteiger partial charge in [-0.2, -0.15) is 0 Å². The molecule has 0 aliphatic rings. The molecule has 1 aromatic carbocycles. The molecular weight excluding hydrogens is 280 g/mol. The maximum absolute atomic E-state index is 12.8. The number of hydrogen-bond donors (Lipinski definition) is 1. The van der Waals surface area contributed by atoms with E-state index in [-0.39, 0.29) is 21.9 Å². The predicted molar refractivity (Wildman–Crippen MR) is 69.9 cm³/mol. The maximum Gasteiger partial charge on any atom is 0.252 e. The number of amides is 1. The number of methoxy groups -OCH3 is 1. The molecule has 3 nitrogen and oxygen atoms in total. The number of carbonyl (C=O) groups excluding carboxylic acids is 1. The zero-order valence-corrected chi connectivity index (χ0v) is 11.4. The van der Waals surface area contributed by atoms with Gasteiger partial charge in [0, 0.05) is 13.7 Å². The standard InChI is InChI=1S/C12H14Cl2FNO2/c1-18-7-8(13)4-5-16-12(17)10-3-2-9(15)6-11(10)14/h2-3,6,8H,4-5,7H2,1H3,(H,16,17). The van der Waals surface area contributed by atoms with Crippen LogP contribution in [0, 0.1) is 5.82 Å². The molecule has 0 aliphatic heterocycles. The molecule has 0 spiro atoms. The van der Waals surface area contributed by atoms with Crippen molar-refractivity contribution in [3.63, 3.8) is 0 Å². The van der Waals surface area contributed by atoms with Crippen molar-refractivity contribution in [2.24, 2.45) is 0 Å². The molecule has 18 heavy (non-hydrogen) atoms. The van der Waals surface area contributed by atoms with E-state index < -0.39 is 5.82 Å². The molecule has 0 saturated carbocycles. The number of carbonyl (C=O) groups is 1. The van der Waals surface area contributed by atoms with E-state index in [1.807, 2.05) is 0 Å². The lowest BCUT2D eigenvalue weighted by molar-refractivity contribution is 0.0952. The second kappa shape index (κ2) is 7.56. The molecule has 6 heteroatoms. The van der Waals surface area contributed by atoms with Gasteiger partial charge in [0.1, 0.15) is 5.82 Å². The van der Waals surface area contributed by atoms with Gasteiger partial charge in [-0.1, -0.05) is 11.6 Å². The number of nitrogens with one attached hydrogen (secondary N) is 1. The van der Waals surface area contributed by atoms with Gasteiger partial charge in [-0.25, -0.2) is 4.39 Å². The summed E-state index contributed by atoms with van der Waals surface area (Å²) < 4.78 is 17.7. The summed E-state index contributed by atoms with van der Waals surface area (Å²) >= 11 is 11.7. The molecule has 0 radical (unpaired) electrons. The zero-order valence-electron chi connectivity index (χ0n) is 9.88. The third-order valence-electron chi connectivity index (χ3n) is 2.27. The van der Waals surface area contributed by atoms with E-state index in [2.05, 4.69) is 5.32 Å². The SMILES string of the molecule is COCC(Cl)CCNC(=O)c1ccc(F)cc1Cl. The number of halogens is 3. The van der Waals surface area contributed by atoms with Crippen LogP contribution in [0.2, 0.25) is 5.02 Å². The highest BCUT2D eigenvalue weighted by Gasteiger charge is 2.11. The van der Waals surface area contributed by atoms with Gasteiger partial charge in [0.2, 0.25) is 0 Å². The zero-order chi connectivity index (χ0) is 13.5. The Morgan fingerprint density at radius 2 is 2.28 bits per heavy atom. The number of ether oxygens (including phenoxy) is 1. The van der Waals surface area contributed by atoms with Crippen molar-refractivity contribution in [2.45, 2.75) is 11.8 Å². The Morgan fingerprint density at radius 1 is 1.56 bits per heavy atom. The summed E-state index contributed by atoms with van der Waals surface area (Å²) in [5, 5.41) is 2.60. The summed E-state index contributed by atoms with van der Waals surface area (Å²) in [6.07, 6.45) is 0.583. The molecule has 1 amide bonds. The first-order chi connectivity index (χ1) is 8.54. The van der Waals surface area contributed by atoms with Crippen LogP contribution in [0.15, 0.2) is 18.2 Å². The van der Waals surface area contributed by atoms with Crippen molar-refractivity contribution in [3.8, 4) is 0 Å². The fourth-order valence-corrected chi connectivity index (χ4v) is 1.86. The molecular formula is C12H14Cl2FNO2. The molecule has 1 unspecified atom stereocenters. The Hall–Kier alpha value is -0.840. The van der Waals surface area contributed by atoms with Crippen molar-refractivity contribution >= 4 is 29.1 Å². The van der Waals surface area contributed by atoms with Gasteiger partial charge in [0.05, 0.1) is 22.6 Å². The highest BCUT2D eigenvalue weighted by atomic mass is 35.5. The molecule has 0 heterocycles. The second-order valence-corrected chi connectivity index (χ2v) is 4.75. The number of benzene rings is 1. The summed E-state index contributed by atoms with van der Waals surface area (Å²) in [5.41, 5.74) is 0.246. The molecule has 1 N–H and O–H groups in total. The van der Waals surface area contributed by atoms with Gasteiger partial charge in [-0.05, 0) is 24.6 Å². The van der Waals surface area contributed by atoms with Gasteiger partial charge in [0.15, 0.2) is 0 Å². The highest BCUT2D eigenvalue weighted by Crippen LogP contribution is 2.17. The molecule has 0 aromatic heterocycles. The summed E-state index contributed by atoms with van der Waals surface area (Å²) in [6.45, 7) is 0.832. The van der Waals surface area contributed by atoms with E-state index in [4.69, 9.17) is 27.9 Å². The van der Waals surface area contributed by atoms with E-state index in [9.17, 15) is 9.18 Å². The fourth-order valence-electron chi connectivity index (χ4n) is 1.38. The molecule has 1 aromatic rings. The first kappa shape index (κ1) is 15.2. The van der Waals surface area contributed by atoms with Crippen LogP contribution in [-0.2, 0) is 4.74 Å². The lowest BCUT2D eigenvalue weighted by Gasteiger charge is -2.10. The van der Waals surface area contributed by atoms with Gasteiger partial charge in [0.25, 0.3) is 5.91 Å². The second-order valence-electron chi connectivity index (χ2n) is 3.72. The Morgan fingerprint density at radius 3 is 2.89 bits per heavy atom. The molecule has 100 valence electrons. The van der Waals surface area contributed by atoms with Gasteiger partial charge in [-0.15, -0.1) is 11.6 Å². The lowest BCUT2D eigenvalue weighted by Crippen LogP contribution is -2.27. The summed E-state index contributed by atoms with van der Waals surface area (Å²) in [4.78, 5) is 11.7. The molecule has 0 aliphatic carbocycles. The topological polar surface area (TPSA) is 38.3 Å². The summed E-state index contributed by atoms with van der Waals surface area (Å²) in [5.74, 6) is -0.821. The normalized spacial score (nSPS) is 12.2. The van der Waals surface area contributed by atoms with Crippen molar-refractivity contribution in [2.75, 3.05) is 20.3 Å². The van der Waals surface area contributed by atoms with Crippen LogP contribution in [0.3, 0.4) is 0 Å². The van der Waals surface area contributed by atoms with Crippen molar-refractivity contribution in [1.29, 1.82) is 0 Å². The van der Waals surface area contributed by atoms with Crippen molar-refractivity contribution < 1.29 is 13.9 Å². The summed E-state index contributed by atoms with van der Waals surface area (Å²) in [6, 6.07) is 3.64. The Bertz CT molecular complexity index is 415. The largest absolute Gasteiger partial charge is 0.383 e. The molecule has 0 fully saturated rings. The average molecular weight is 294 g/mol. The Kier molecular flexibility index (Phi) is 6.39. The average Bonchev–Trinajstić information content (AvgIpc) is 2.29. The van der Waals surface area contributed by atoms with Crippen LogP contribution in [0.4, 0.5) is 4.39 Å². The number of rotatable bonds is 6. The maximum atomic E-state index is 12.8. The summed E-state index contributed by atoms with van der Waals surface area (Å²) in [7, 11) is 1.56. The van der Waals surface area contributed by atoms with Crippen LogP contribution in [0.25, 0.3) is 0 Å². The van der Waals surface area contributed by atoms with Crippen LogP contribution in [0.5, 0.6) is 0 Å². The van der Waals surface area contributed by atoms with Crippen molar-refractivity contribution in [3.05, 3.63) is 34.6 Å². The van der Waals surface area contributed by atoms with Crippen LogP contribution < -0.4 is 5.32 Å². The lowest BCUT2D eigenvalue weighted by atomic mass is 10.2. The molecule has 1 atom stereocenters. The minimum Gasteiger partial charge on any atom is -0.383 e. The Labute approximate surface area is 115 Å². The smallest absolute Gasteiger partial charge is 0.252 e. The third-order valence-corrected chi connectivity index (χ3v) is 2.92. The quantitative estimate of drug-likeness (QED) is 0.819. The van der Waals surface area contributed by atoms with E-state index >= 15 is 0 Å². The van der Waals surface area contributed by atoms with Crippen LogP contribution in [-0.4, -0.2) is 31.5 Å². The van der Waals surface area contributed by atoms with Gasteiger partial charge in [-0.3, -0.25) is 4.79 Å². The van der Waals surface area contributed by atoms with E-state index in [1.54, 1.807) is 7.11 Å². The monoisotopic (exact) mass is 293 g/mol. The molecule has 0 saturated heterocycles. The van der Waals surface area contributed by atoms with Crippen LogP contribution >= 0.6 is 23.2 Å². The first-order valence-electron chi connectivity index (χ1n) is 5.41. The van der Waals surface area contributed by atoms with Crippen LogP contribution in [0.1, 0.15) is 16.8 Å². The molecule has 0 bridgehead atoms. The van der Waals surface area contributed by atoms with Crippen molar-refractivity contribution in [1.82, 2.24) is 5.32 Å². The van der Waals surface area contributed by atoms with E-state index in [1.165, 1.54) is 12.1 Å². The predicted octanol–water partition coefficient (Wildman–Crippen LogP) is 2.85. The van der Waals surface area contributed by atoms with E-state index in [0.717, 1.165) is 6.07 Å². The third kappa shape index (κ3) is 4.80. The first-order valence-corrected chi connectivity index (χ1v) is 6.22. The Balaban J connectivity index is 2.45. The number of hydrogen-bond acceptors (Lipinski definition) is 2. The molecule has 1 rings (SSSR count). The van der Waals surface area contributed by atoms with E-state index in [0.29, 0.717) is 19.6 Å². The number of alkyl halides is 1. The van der Waals surface area contributed by atoms with Gasteiger partial charge >= 0.3 is 0 Å². The fraction of sp³-hybridized carbons (Fsp3) is 0.417. The minimum atomic E-state index is -0.475.